The van der Waals surface area contributed by atoms with Crippen LogP contribution in [0.3, 0.4) is 0 Å². The fraction of sp³-hybridized carbons (Fsp3) is 0.400. The molecular weight excluding hydrogens is 334 g/mol. The van der Waals surface area contributed by atoms with E-state index >= 15 is 0 Å². The van der Waals surface area contributed by atoms with E-state index in [1.165, 1.54) is 0 Å². The average molecular weight is 357 g/mol. The van der Waals surface area contributed by atoms with Gasteiger partial charge in [0.25, 0.3) is 0 Å². The Hall–Kier alpha value is -1.69. The lowest BCUT2D eigenvalue weighted by molar-refractivity contribution is 0.0349. The molecule has 0 spiro atoms. The van der Waals surface area contributed by atoms with Crippen molar-refractivity contribution in [2.75, 3.05) is 7.11 Å². The third kappa shape index (κ3) is 3.01. The van der Waals surface area contributed by atoms with Crippen molar-refractivity contribution >= 4 is 10.0 Å². The minimum Gasteiger partial charge on any atom is -0.381 e. The first-order chi connectivity index (χ1) is 12.1. The smallest absolute Gasteiger partial charge is 0.243 e. The van der Waals surface area contributed by atoms with Crippen molar-refractivity contribution in [3.8, 4) is 11.1 Å². The number of ether oxygens (including phenoxy) is 1. The summed E-state index contributed by atoms with van der Waals surface area (Å²) in [6, 6.07) is 17.3. The standard InChI is InChI=1S/C20H23NO3S/c1-24-19-13-17-10-11-18(14-19)21(17)25(22,23)20-9-5-8-16(12-20)15-6-3-2-4-7-15/h2-9,12,17-19H,10-11,13-14H2,1H3. The molecule has 0 aromatic heterocycles. The molecular formula is C20H23NO3S. The Kier molecular flexibility index (Phi) is 4.40. The molecule has 2 fully saturated rings. The molecule has 2 aliphatic rings. The van der Waals surface area contributed by atoms with Crippen LogP contribution in [0.4, 0.5) is 0 Å². The number of rotatable bonds is 4. The highest BCUT2D eigenvalue weighted by Gasteiger charge is 2.47. The molecule has 4 rings (SSSR count). The zero-order valence-electron chi connectivity index (χ0n) is 14.3. The number of benzene rings is 2. The van der Waals surface area contributed by atoms with E-state index in [1.54, 1.807) is 23.5 Å². The molecule has 2 bridgehead atoms. The Morgan fingerprint density at radius 1 is 0.920 bits per heavy atom. The van der Waals surface area contributed by atoms with Crippen LogP contribution in [0.1, 0.15) is 25.7 Å². The Bertz CT molecular complexity index is 836. The molecule has 2 saturated heterocycles. The van der Waals surface area contributed by atoms with E-state index in [4.69, 9.17) is 4.74 Å². The van der Waals surface area contributed by atoms with Gasteiger partial charge in [-0.2, -0.15) is 4.31 Å². The summed E-state index contributed by atoms with van der Waals surface area (Å²) < 4.78 is 33.9. The number of methoxy groups -OCH3 is 1. The molecule has 25 heavy (non-hydrogen) atoms. The second kappa shape index (κ2) is 6.56. The summed E-state index contributed by atoms with van der Waals surface area (Å²) in [7, 11) is -1.76. The Morgan fingerprint density at radius 3 is 2.20 bits per heavy atom. The van der Waals surface area contributed by atoms with E-state index in [0.29, 0.717) is 4.90 Å². The number of hydrogen-bond donors (Lipinski definition) is 0. The summed E-state index contributed by atoms with van der Waals surface area (Å²) in [5.41, 5.74) is 1.96. The van der Waals surface area contributed by atoms with Crippen LogP contribution < -0.4 is 0 Å². The van der Waals surface area contributed by atoms with E-state index in [-0.39, 0.29) is 18.2 Å². The van der Waals surface area contributed by atoms with Gasteiger partial charge in [0.1, 0.15) is 0 Å². The van der Waals surface area contributed by atoms with E-state index in [9.17, 15) is 8.42 Å². The average Bonchev–Trinajstić information content (AvgIpc) is 2.94. The first-order valence-corrected chi connectivity index (χ1v) is 10.3. The highest BCUT2D eigenvalue weighted by molar-refractivity contribution is 7.89. The predicted molar refractivity (Wildman–Crippen MR) is 97.7 cm³/mol. The zero-order valence-corrected chi connectivity index (χ0v) is 15.2. The lowest BCUT2D eigenvalue weighted by atomic mass is 10.0. The molecule has 4 nitrogen and oxygen atoms in total. The maximum Gasteiger partial charge on any atom is 0.243 e. The van der Waals surface area contributed by atoms with Gasteiger partial charge in [-0.15, -0.1) is 0 Å². The fourth-order valence-electron chi connectivity index (χ4n) is 4.26. The van der Waals surface area contributed by atoms with Crippen molar-refractivity contribution in [3.63, 3.8) is 0 Å². The summed E-state index contributed by atoms with van der Waals surface area (Å²) in [6.45, 7) is 0. The summed E-state index contributed by atoms with van der Waals surface area (Å²) in [6.07, 6.45) is 3.64. The Morgan fingerprint density at radius 2 is 1.56 bits per heavy atom. The quantitative estimate of drug-likeness (QED) is 0.838. The van der Waals surface area contributed by atoms with Gasteiger partial charge >= 0.3 is 0 Å². The first kappa shape index (κ1) is 16.8. The second-order valence-electron chi connectivity index (χ2n) is 6.94. The van der Waals surface area contributed by atoms with Crippen molar-refractivity contribution in [1.82, 2.24) is 4.31 Å². The van der Waals surface area contributed by atoms with E-state index in [0.717, 1.165) is 36.8 Å². The lowest BCUT2D eigenvalue weighted by Crippen LogP contribution is -2.48. The van der Waals surface area contributed by atoms with Crippen molar-refractivity contribution in [2.24, 2.45) is 0 Å². The minimum absolute atomic E-state index is 0.0640. The normalized spacial score (nSPS) is 26.7. The molecule has 2 heterocycles. The van der Waals surface area contributed by atoms with Gasteiger partial charge in [-0.1, -0.05) is 42.5 Å². The highest BCUT2D eigenvalue weighted by atomic mass is 32.2. The largest absolute Gasteiger partial charge is 0.381 e. The number of hydrogen-bond acceptors (Lipinski definition) is 3. The van der Waals surface area contributed by atoms with Crippen LogP contribution in [0.25, 0.3) is 11.1 Å². The van der Waals surface area contributed by atoms with Crippen LogP contribution >= 0.6 is 0 Å². The van der Waals surface area contributed by atoms with Gasteiger partial charge in [0.15, 0.2) is 0 Å². The van der Waals surface area contributed by atoms with Gasteiger partial charge < -0.3 is 4.74 Å². The molecule has 0 amide bonds. The molecule has 0 radical (unpaired) electrons. The summed E-state index contributed by atoms with van der Waals surface area (Å²) in [5.74, 6) is 0. The molecule has 0 N–H and O–H groups in total. The van der Waals surface area contributed by atoms with E-state index in [2.05, 4.69) is 0 Å². The van der Waals surface area contributed by atoms with Crippen LogP contribution in [0, 0.1) is 0 Å². The van der Waals surface area contributed by atoms with E-state index in [1.807, 2.05) is 42.5 Å². The molecule has 0 aliphatic carbocycles. The summed E-state index contributed by atoms with van der Waals surface area (Å²) in [4.78, 5) is 0.390. The molecule has 2 aromatic rings. The Balaban J connectivity index is 1.68. The van der Waals surface area contributed by atoms with Gasteiger partial charge in [-0.05, 0) is 48.9 Å². The van der Waals surface area contributed by atoms with Crippen LogP contribution in [0.5, 0.6) is 0 Å². The second-order valence-corrected chi connectivity index (χ2v) is 8.79. The monoisotopic (exact) mass is 357 g/mol. The molecule has 0 saturated carbocycles. The van der Waals surface area contributed by atoms with Gasteiger partial charge in [0.2, 0.25) is 10.0 Å². The molecule has 5 heteroatoms. The Labute approximate surface area is 149 Å². The lowest BCUT2D eigenvalue weighted by Gasteiger charge is -2.37. The fourth-order valence-corrected chi connectivity index (χ4v) is 6.20. The number of nitrogens with zero attached hydrogens (tertiary/aromatic N) is 1. The highest BCUT2D eigenvalue weighted by Crippen LogP contribution is 2.40. The van der Waals surface area contributed by atoms with Gasteiger partial charge in [-0.3, -0.25) is 0 Å². The summed E-state index contributed by atoms with van der Waals surface area (Å²) >= 11 is 0. The molecule has 2 aliphatic heterocycles. The number of sulfonamides is 1. The van der Waals surface area contributed by atoms with Crippen molar-refractivity contribution in [2.45, 2.75) is 48.8 Å². The van der Waals surface area contributed by atoms with Crippen molar-refractivity contribution < 1.29 is 13.2 Å². The van der Waals surface area contributed by atoms with Crippen LogP contribution in [0.15, 0.2) is 59.5 Å². The summed E-state index contributed by atoms with van der Waals surface area (Å²) in [5, 5.41) is 0. The molecule has 132 valence electrons. The third-order valence-corrected chi connectivity index (χ3v) is 7.47. The SMILES string of the molecule is COC1CC2CCC(C1)N2S(=O)(=O)c1cccc(-c2ccccc2)c1. The van der Waals surface area contributed by atoms with Crippen LogP contribution in [-0.2, 0) is 14.8 Å². The first-order valence-electron chi connectivity index (χ1n) is 8.81. The third-order valence-electron chi connectivity index (χ3n) is 5.47. The van der Waals surface area contributed by atoms with Gasteiger partial charge in [-0.25, -0.2) is 8.42 Å². The maximum absolute atomic E-state index is 13.3. The zero-order chi connectivity index (χ0) is 17.4. The topological polar surface area (TPSA) is 46.6 Å². The number of piperidine rings is 1. The number of fused-ring (bicyclic) bond motifs is 2. The van der Waals surface area contributed by atoms with Crippen LogP contribution in [-0.4, -0.2) is 38.0 Å². The van der Waals surface area contributed by atoms with Gasteiger partial charge in [0, 0.05) is 19.2 Å². The van der Waals surface area contributed by atoms with Crippen molar-refractivity contribution in [3.05, 3.63) is 54.6 Å². The van der Waals surface area contributed by atoms with Crippen LogP contribution in [0.2, 0.25) is 0 Å². The molecule has 2 aromatic carbocycles. The van der Waals surface area contributed by atoms with Crippen molar-refractivity contribution in [1.29, 1.82) is 0 Å². The molecule has 2 atom stereocenters. The maximum atomic E-state index is 13.3. The van der Waals surface area contributed by atoms with Gasteiger partial charge in [0.05, 0.1) is 11.0 Å². The van der Waals surface area contributed by atoms with E-state index < -0.39 is 10.0 Å². The molecule has 2 unspecified atom stereocenters. The predicted octanol–water partition coefficient (Wildman–Crippen LogP) is 3.68. The minimum atomic E-state index is -3.48.